The van der Waals surface area contributed by atoms with Crippen molar-refractivity contribution < 1.29 is 14.6 Å². The van der Waals surface area contributed by atoms with Crippen LogP contribution in [0.5, 0.6) is 5.75 Å². The zero-order valence-electron chi connectivity index (χ0n) is 13.1. The van der Waals surface area contributed by atoms with Gasteiger partial charge >= 0.3 is 0 Å². The number of amides is 1. The van der Waals surface area contributed by atoms with Crippen LogP contribution in [0.1, 0.15) is 25.7 Å². The predicted octanol–water partition coefficient (Wildman–Crippen LogP) is 1.82. The number of ether oxygens (including phenoxy) is 1. The molecule has 1 aliphatic heterocycles. The van der Waals surface area contributed by atoms with Crippen LogP contribution in [-0.4, -0.2) is 53.8 Å². The molecule has 1 heterocycles. The van der Waals surface area contributed by atoms with Crippen LogP contribution in [0.25, 0.3) is 0 Å². The molecule has 5 nitrogen and oxygen atoms in total. The highest BCUT2D eigenvalue weighted by Crippen LogP contribution is 2.26. The SMILES string of the molecule is O=C1CN(CC(O)COc2ccc(Cl)cc2)C2CCCCC2N1. The molecule has 2 aliphatic rings. The molecule has 23 heavy (non-hydrogen) atoms. The zero-order valence-corrected chi connectivity index (χ0v) is 13.8. The Kier molecular flexibility index (Phi) is 5.41. The average molecular weight is 339 g/mol. The maximum atomic E-state index is 11.8. The highest BCUT2D eigenvalue weighted by Gasteiger charge is 2.36. The van der Waals surface area contributed by atoms with Crippen LogP contribution in [-0.2, 0) is 4.79 Å². The van der Waals surface area contributed by atoms with Gasteiger partial charge in [-0.3, -0.25) is 9.69 Å². The lowest BCUT2D eigenvalue weighted by Gasteiger charge is -2.44. The second-order valence-corrected chi connectivity index (χ2v) is 6.81. The number of fused-ring (bicyclic) bond motifs is 1. The lowest BCUT2D eigenvalue weighted by molar-refractivity contribution is -0.129. The van der Waals surface area contributed by atoms with Gasteiger partial charge in [-0.15, -0.1) is 0 Å². The van der Waals surface area contributed by atoms with E-state index in [0.29, 0.717) is 29.9 Å². The molecule has 3 rings (SSSR count). The lowest BCUT2D eigenvalue weighted by atomic mass is 9.87. The van der Waals surface area contributed by atoms with Crippen molar-refractivity contribution in [3.63, 3.8) is 0 Å². The summed E-state index contributed by atoms with van der Waals surface area (Å²) in [5, 5.41) is 14.0. The Hall–Kier alpha value is -1.30. The third kappa shape index (κ3) is 4.37. The number of β-amino-alcohol motifs (C(OH)–C–C–N with tert-alkyl or cyclic N) is 1. The van der Waals surface area contributed by atoms with E-state index in [1.54, 1.807) is 24.3 Å². The number of carbonyl (C=O) groups excluding carboxylic acids is 1. The van der Waals surface area contributed by atoms with Crippen molar-refractivity contribution in [1.29, 1.82) is 0 Å². The van der Waals surface area contributed by atoms with Crippen LogP contribution in [0, 0.1) is 0 Å². The number of rotatable bonds is 5. The quantitative estimate of drug-likeness (QED) is 0.859. The van der Waals surface area contributed by atoms with Crippen molar-refractivity contribution in [3.8, 4) is 5.75 Å². The second kappa shape index (κ2) is 7.51. The van der Waals surface area contributed by atoms with E-state index in [1.165, 1.54) is 6.42 Å². The van der Waals surface area contributed by atoms with Crippen LogP contribution in [0.3, 0.4) is 0 Å². The van der Waals surface area contributed by atoms with Crippen LogP contribution >= 0.6 is 11.6 Å². The van der Waals surface area contributed by atoms with Crippen molar-refractivity contribution in [1.82, 2.24) is 10.2 Å². The van der Waals surface area contributed by atoms with Gasteiger partial charge in [-0.2, -0.15) is 0 Å². The summed E-state index contributed by atoms with van der Waals surface area (Å²) in [6.45, 7) is 1.03. The molecule has 0 radical (unpaired) electrons. The molecule has 1 aromatic carbocycles. The van der Waals surface area contributed by atoms with E-state index in [9.17, 15) is 9.90 Å². The normalized spacial score (nSPS) is 26.3. The van der Waals surface area contributed by atoms with Crippen LogP contribution < -0.4 is 10.1 Å². The fourth-order valence-corrected chi connectivity index (χ4v) is 3.64. The van der Waals surface area contributed by atoms with Crippen LogP contribution in [0.4, 0.5) is 0 Å². The summed E-state index contributed by atoms with van der Waals surface area (Å²) in [5.74, 6) is 0.736. The molecular formula is C17H23ClN2O3. The number of nitrogens with one attached hydrogen (secondary N) is 1. The molecule has 1 aromatic rings. The van der Waals surface area contributed by atoms with E-state index in [4.69, 9.17) is 16.3 Å². The largest absolute Gasteiger partial charge is 0.491 e. The van der Waals surface area contributed by atoms with E-state index < -0.39 is 6.10 Å². The summed E-state index contributed by atoms with van der Waals surface area (Å²) in [4.78, 5) is 14.0. The third-order valence-corrected chi connectivity index (χ3v) is 4.84. The highest BCUT2D eigenvalue weighted by atomic mass is 35.5. The summed E-state index contributed by atoms with van der Waals surface area (Å²) < 4.78 is 5.59. The van der Waals surface area contributed by atoms with Crippen molar-refractivity contribution in [2.24, 2.45) is 0 Å². The van der Waals surface area contributed by atoms with Gasteiger partial charge in [0, 0.05) is 23.7 Å². The predicted molar refractivity (Wildman–Crippen MR) is 88.7 cm³/mol. The topological polar surface area (TPSA) is 61.8 Å². The van der Waals surface area contributed by atoms with Crippen LogP contribution in [0.15, 0.2) is 24.3 Å². The maximum absolute atomic E-state index is 11.8. The number of piperazine rings is 1. The second-order valence-electron chi connectivity index (χ2n) is 6.37. The minimum Gasteiger partial charge on any atom is -0.491 e. The van der Waals surface area contributed by atoms with Crippen molar-refractivity contribution in [2.75, 3.05) is 19.7 Å². The van der Waals surface area contributed by atoms with Gasteiger partial charge in [0.15, 0.2) is 0 Å². The van der Waals surface area contributed by atoms with Gasteiger partial charge < -0.3 is 15.2 Å². The smallest absolute Gasteiger partial charge is 0.234 e. The summed E-state index contributed by atoms with van der Waals surface area (Å²) in [6.07, 6.45) is 3.83. The van der Waals surface area contributed by atoms with Crippen molar-refractivity contribution >= 4 is 17.5 Å². The molecule has 0 bridgehead atoms. The number of hydrogen-bond donors (Lipinski definition) is 2. The third-order valence-electron chi connectivity index (χ3n) is 4.59. The Labute approximate surface area is 141 Å². The molecule has 0 spiro atoms. The van der Waals surface area contributed by atoms with Crippen molar-refractivity contribution in [2.45, 2.75) is 43.9 Å². The Bertz CT molecular complexity index is 537. The van der Waals surface area contributed by atoms with E-state index in [1.807, 2.05) is 0 Å². The highest BCUT2D eigenvalue weighted by molar-refractivity contribution is 6.30. The summed E-state index contributed by atoms with van der Waals surface area (Å²) >= 11 is 5.83. The minimum absolute atomic E-state index is 0.0546. The Morgan fingerprint density at radius 2 is 2.04 bits per heavy atom. The van der Waals surface area contributed by atoms with E-state index in [-0.39, 0.29) is 18.6 Å². The van der Waals surface area contributed by atoms with Gasteiger partial charge in [-0.05, 0) is 37.1 Å². The van der Waals surface area contributed by atoms with Gasteiger partial charge in [0.25, 0.3) is 0 Å². The molecule has 1 saturated heterocycles. The molecule has 1 amide bonds. The Balaban J connectivity index is 1.52. The number of halogens is 1. The number of hydrogen-bond acceptors (Lipinski definition) is 4. The standard InChI is InChI=1S/C17H23ClN2O3/c18-12-5-7-14(8-6-12)23-11-13(21)9-20-10-17(22)19-15-3-1-2-4-16(15)20/h5-8,13,15-16,21H,1-4,9-11H2,(H,19,22). The average Bonchev–Trinajstić information content (AvgIpc) is 2.54. The first kappa shape index (κ1) is 16.6. The summed E-state index contributed by atoms with van der Waals surface area (Å²) in [7, 11) is 0. The molecule has 0 aromatic heterocycles. The monoisotopic (exact) mass is 338 g/mol. The number of benzene rings is 1. The van der Waals surface area contributed by atoms with E-state index in [0.717, 1.165) is 19.3 Å². The number of carbonyl (C=O) groups is 1. The molecule has 1 aliphatic carbocycles. The number of aliphatic hydroxyl groups excluding tert-OH is 1. The number of aliphatic hydroxyl groups is 1. The fraction of sp³-hybridized carbons (Fsp3) is 0.588. The van der Waals surface area contributed by atoms with Gasteiger partial charge in [0.1, 0.15) is 18.5 Å². The molecule has 126 valence electrons. The minimum atomic E-state index is -0.626. The van der Waals surface area contributed by atoms with Crippen LogP contribution in [0.2, 0.25) is 5.02 Å². The summed E-state index contributed by atoms with van der Waals surface area (Å²) in [6, 6.07) is 7.64. The van der Waals surface area contributed by atoms with Gasteiger partial charge in [0.05, 0.1) is 6.54 Å². The molecule has 3 unspecified atom stereocenters. The first-order valence-electron chi connectivity index (χ1n) is 8.21. The summed E-state index contributed by atoms with van der Waals surface area (Å²) in [5.41, 5.74) is 0. The number of nitrogens with zero attached hydrogens (tertiary/aromatic N) is 1. The van der Waals surface area contributed by atoms with Crippen molar-refractivity contribution in [3.05, 3.63) is 29.3 Å². The lowest BCUT2D eigenvalue weighted by Crippen LogP contribution is -2.62. The van der Waals surface area contributed by atoms with E-state index >= 15 is 0 Å². The zero-order chi connectivity index (χ0) is 16.2. The van der Waals surface area contributed by atoms with E-state index in [2.05, 4.69) is 10.2 Å². The molecular weight excluding hydrogens is 316 g/mol. The fourth-order valence-electron chi connectivity index (χ4n) is 3.52. The Morgan fingerprint density at radius 3 is 2.83 bits per heavy atom. The van der Waals surface area contributed by atoms with Gasteiger partial charge in [-0.25, -0.2) is 0 Å². The van der Waals surface area contributed by atoms with Gasteiger partial charge in [0.2, 0.25) is 5.91 Å². The first-order chi connectivity index (χ1) is 11.1. The molecule has 1 saturated carbocycles. The molecule has 2 N–H and O–H groups in total. The van der Waals surface area contributed by atoms with Gasteiger partial charge in [-0.1, -0.05) is 24.4 Å². The Morgan fingerprint density at radius 1 is 1.30 bits per heavy atom. The molecule has 3 atom stereocenters. The first-order valence-corrected chi connectivity index (χ1v) is 8.59. The maximum Gasteiger partial charge on any atom is 0.234 e. The molecule has 2 fully saturated rings. The molecule has 6 heteroatoms.